The zero-order valence-corrected chi connectivity index (χ0v) is 17.2. The standard InChI is InChI=1S/C10H30O3Si4.5CH4/c1-14(2,3)11-16(7,8)13-17(9,10)12-15(4,5)6;;;;;/h1-10H3;5*1H4. The largest absolute Gasteiger partial charge is 0.437 e. The summed E-state index contributed by atoms with van der Waals surface area (Å²) < 4.78 is 18.7. The molecule has 0 aliphatic carbocycles. The normalized spacial score (nSPS) is 11.7. The van der Waals surface area contributed by atoms with Crippen LogP contribution in [0.1, 0.15) is 37.1 Å². The van der Waals surface area contributed by atoms with Crippen LogP contribution in [0.25, 0.3) is 0 Å². The smallest absolute Gasteiger partial charge is 0.312 e. The monoisotopic (exact) mass is 390 g/mol. The van der Waals surface area contributed by atoms with Gasteiger partial charge in [-0.15, -0.1) is 0 Å². The lowest BCUT2D eigenvalue weighted by Crippen LogP contribution is -2.55. The molecule has 0 unspecified atom stereocenters. The third-order valence-corrected chi connectivity index (χ3v) is 14.4. The van der Waals surface area contributed by atoms with E-state index in [0.29, 0.717) is 0 Å². The minimum absolute atomic E-state index is 0. The fraction of sp³-hybridized carbons (Fsp3) is 1.00. The van der Waals surface area contributed by atoms with Crippen molar-refractivity contribution in [3.8, 4) is 0 Å². The van der Waals surface area contributed by atoms with Crippen LogP contribution in [0.15, 0.2) is 0 Å². The molecule has 22 heavy (non-hydrogen) atoms. The predicted molar refractivity (Wildman–Crippen MR) is 119 cm³/mol. The molecule has 0 atom stereocenters. The Morgan fingerprint density at radius 3 is 0.682 bits per heavy atom. The first-order chi connectivity index (χ1) is 7.12. The van der Waals surface area contributed by atoms with Gasteiger partial charge in [-0.2, -0.15) is 0 Å². The Kier molecular flexibility index (Phi) is 21.2. The molecule has 0 aromatic carbocycles. The summed E-state index contributed by atoms with van der Waals surface area (Å²) in [5.41, 5.74) is 0. The van der Waals surface area contributed by atoms with E-state index in [1.54, 1.807) is 0 Å². The van der Waals surface area contributed by atoms with E-state index >= 15 is 0 Å². The third kappa shape index (κ3) is 23.0. The van der Waals surface area contributed by atoms with E-state index < -0.39 is 33.8 Å². The lowest BCUT2D eigenvalue weighted by molar-refractivity contribution is 0.331. The van der Waals surface area contributed by atoms with Gasteiger partial charge in [-0.1, -0.05) is 37.1 Å². The van der Waals surface area contributed by atoms with Crippen LogP contribution in [0, 0.1) is 0 Å². The molecule has 0 aliphatic heterocycles. The van der Waals surface area contributed by atoms with Gasteiger partial charge in [-0.3, -0.25) is 0 Å². The van der Waals surface area contributed by atoms with Crippen molar-refractivity contribution in [3.05, 3.63) is 0 Å². The molecule has 0 heterocycles. The van der Waals surface area contributed by atoms with Crippen molar-refractivity contribution in [2.24, 2.45) is 0 Å². The number of rotatable bonds is 6. The molecule has 0 fully saturated rings. The highest BCUT2D eigenvalue weighted by atomic mass is 28.5. The van der Waals surface area contributed by atoms with E-state index in [1.807, 2.05) is 0 Å². The molecular formula is C15H50O3Si4. The van der Waals surface area contributed by atoms with Crippen molar-refractivity contribution in [1.82, 2.24) is 0 Å². The van der Waals surface area contributed by atoms with Gasteiger partial charge in [0.1, 0.15) is 0 Å². The van der Waals surface area contributed by atoms with Crippen LogP contribution in [-0.4, -0.2) is 33.8 Å². The van der Waals surface area contributed by atoms with E-state index in [-0.39, 0.29) is 37.1 Å². The molecule has 0 radical (unpaired) electrons. The van der Waals surface area contributed by atoms with Gasteiger partial charge in [0.15, 0.2) is 16.6 Å². The van der Waals surface area contributed by atoms with E-state index in [4.69, 9.17) is 12.3 Å². The summed E-state index contributed by atoms with van der Waals surface area (Å²) >= 11 is 0. The van der Waals surface area contributed by atoms with Crippen LogP contribution in [0.3, 0.4) is 0 Å². The molecule has 0 amide bonds. The Morgan fingerprint density at radius 2 is 0.545 bits per heavy atom. The van der Waals surface area contributed by atoms with Crippen molar-refractivity contribution < 1.29 is 12.3 Å². The summed E-state index contributed by atoms with van der Waals surface area (Å²) in [4.78, 5) is 0. The van der Waals surface area contributed by atoms with Gasteiger partial charge in [0, 0.05) is 0 Å². The maximum absolute atomic E-state index is 6.28. The van der Waals surface area contributed by atoms with Gasteiger partial charge >= 0.3 is 17.1 Å². The highest BCUT2D eigenvalue weighted by Gasteiger charge is 2.41. The molecule has 3 nitrogen and oxygen atoms in total. The van der Waals surface area contributed by atoms with Crippen molar-refractivity contribution in [2.75, 3.05) is 0 Å². The van der Waals surface area contributed by atoms with Gasteiger partial charge in [0.25, 0.3) is 0 Å². The molecule has 0 rings (SSSR count). The van der Waals surface area contributed by atoms with Gasteiger partial charge in [-0.05, 0) is 65.5 Å². The van der Waals surface area contributed by atoms with Crippen molar-refractivity contribution in [1.29, 1.82) is 0 Å². The Bertz CT molecular complexity index is 230. The fourth-order valence-corrected chi connectivity index (χ4v) is 19.7. The fourth-order valence-electron chi connectivity index (χ4n) is 2.11. The zero-order chi connectivity index (χ0) is 14.1. The maximum atomic E-state index is 6.28. The summed E-state index contributed by atoms with van der Waals surface area (Å²) in [6.45, 7) is 21.8. The lowest BCUT2D eigenvalue weighted by Gasteiger charge is -2.39. The average molecular weight is 391 g/mol. The van der Waals surface area contributed by atoms with Crippen LogP contribution >= 0.6 is 0 Å². The van der Waals surface area contributed by atoms with E-state index in [2.05, 4.69) is 65.5 Å². The molecule has 0 saturated heterocycles. The number of hydrogen-bond acceptors (Lipinski definition) is 3. The van der Waals surface area contributed by atoms with Gasteiger partial charge in [0.2, 0.25) is 0 Å². The van der Waals surface area contributed by atoms with E-state index in [0.717, 1.165) is 0 Å². The van der Waals surface area contributed by atoms with Crippen LogP contribution < -0.4 is 0 Å². The van der Waals surface area contributed by atoms with Crippen LogP contribution in [-0.2, 0) is 12.3 Å². The maximum Gasteiger partial charge on any atom is 0.312 e. The third-order valence-electron chi connectivity index (χ3n) is 1.60. The quantitative estimate of drug-likeness (QED) is 0.445. The second-order valence-electron chi connectivity index (χ2n) is 7.33. The molecular weight excluding hydrogens is 341 g/mol. The topological polar surface area (TPSA) is 27.7 Å². The summed E-state index contributed by atoms with van der Waals surface area (Å²) in [5, 5.41) is 0. The van der Waals surface area contributed by atoms with Gasteiger partial charge in [-0.25, -0.2) is 0 Å². The van der Waals surface area contributed by atoms with Gasteiger partial charge < -0.3 is 12.3 Å². The summed E-state index contributed by atoms with van der Waals surface area (Å²) in [6.07, 6.45) is 0. The Balaban J connectivity index is -0.000000128. The van der Waals surface area contributed by atoms with Crippen LogP contribution in [0.5, 0.6) is 0 Å². The Hall–Kier alpha value is 0.748. The minimum Gasteiger partial charge on any atom is -0.437 e. The lowest BCUT2D eigenvalue weighted by atomic mass is 11.8. The molecule has 0 aliphatic rings. The summed E-state index contributed by atoms with van der Waals surface area (Å²) in [6, 6.07) is 0. The Morgan fingerprint density at radius 1 is 0.364 bits per heavy atom. The highest BCUT2D eigenvalue weighted by molar-refractivity contribution is 6.89. The second kappa shape index (κ2) is 12.2. The first kappa shape index (κ1) is 38.4. The summed E-state index contributed by atoms with van der Waals surface area (Å²) in [7, 11) is -7.18. The number of hydrogen-bond donors (Lipinski definition) is 0. The van der Waals surface area contributed by atoms with E-state index in [9.17, 15) is 0 Å². The van der Waals surface area contributed by atoms with Gasteiger partial charge in [0.05, 0.1) is 0 Å². The summed E-state index contributed by atoms with van der Waals surface area (Å²) in [5.74, 6) is 0. The molecule has 0 N–H and O–H groups in total. The molecule has 7 heteroatoms. The minimum atomic E-state index is -2.05. The first-order valence-corrected chi connectivity index (χ1v) is 18.7. The Labute approximate surface area is 148 Å². The molecule has 0 aromatic heterocycles. The highest BCUT2D eigenvalue weighted by Crippen LogP contribution is 2.23. The first-order valence-electron chi connectivity index (χ1n) is 6.22. The molecule has 144 valence electrons. The predicted octanol–water partition coefficient (Wildman–Crippen LogP) is 7.29. The second-order valence-corrected chi connectivity index (χ2v) is 23.8. The van der Waals surface area contributed by atoms with E-state index in [1.165, 1.54) is 0 Å². The molecule has 0 aromatic rings. The molecule has 0 spiro atoms. The van der Waals surface area contributed by atoms with Crippen molar-refractivity contribution in [3.63, 3.8) is 0 Å². The average Bonchev–Trinajstić information content (AvgIpc) is 1.65. The SMILES string of the molecule is C.C.C.C.C.C[Si](C)(C)O[Si](C)(C)O[Si](C)(C)O[Si](C)(C)C. The van der Waals surface area contributed by atoms with Crippen LogP contribution in [0.2, 0.25) is 65.5 Å². The molecule has 0 bridgehead atoms. The molecule has 0 saturated carbocycles. The van der Waals surface area contributed by atoms with Crippen molar-refractivity contribution >= 4 is 33.8 Å². The van der Waals surface area contributed by atoms with Crippen LogP contribution in [0.4, 0.5) is 0 Å². The van der Waals surface area contributed by atoms with Crippen molar-refractivity contribution in [2.45, 2.75) is 103 Å². The zero-order valence-electron chi connectivity index (χ0n) is 13.2.